The van der Waals surface area contributed by atoms with Gasteiger partial charge in [0, 0.05) is 44.8 Å². The van der Waals surface area contributed by atoms with Crippen molar-refractivity contribution in [2.45, 2.75) is 18.6 Å². The average Bonchev–Trinajstić information content (AvgIpc) is 3.20. The quantitative estimate of drug-likeness (QED) is 0.617. The number of halogens is 1. The first-order chi connectivity index (χ1) is 15.1. The number of nitriles is 1. The summed E-state index contributed by atoms with van der Waals surface area (Å²) in [4.78, 5) is 16.7. The van der Waals surface area contributed by atoms with Crippen LogP contribution < -0.4 is 20.4 Å². The topological polar surface area (TPSA) is 91.6 Å². The third-order valence-electron chi connectivity index (χ3n) is 5.86. The first-order valence-electron chi connectivity index (χ1n) is 10.5. The molecule has 0 aliphatic carbocycles. The standard InChI is InChI=1S/C23H26ClN5O2/c24-20-6-3-17(16-1-4-18(5-2-16)28-11-9-26-10-12-28)13-21(20)29-15-19(30)14-22(29)23(31)27-8-7-25/h1-6,13,19,22,26,30H,8-12,14-15H2,(H,27,31)/t19-,22+/m1/s1. The van der Waals surface area contributed by atoms with E-state index in [0.717, 1.165) is 37.3 Å². The molecule has 2 fully saturated rings. The normalized spacial score (nSPS) is 21.1. The Morgan fingerprint density at radius 3 is 2.61 bits per heavy atom. The summed E-state index contributed by atoms with van der Waals surface area (Å²) in [5.41, 5.74) is 3.96. The minimum atomic E-state index is -0.629. The summed E-state index contributed by atoms with van der Waals surface area (Å²) in [7, 11) is 0. The third-order valence-corrected chi connectivity index (χ3v) is 6.18. The van der Waals surface area contributed by atoms with Crippen molar-refractivity contribution in [3.63, 3.8) is 0 Å². The molecule has 2 aromatic rings. The lowest BCUT2D eigenvalue weighted by Gasteiger charge is -2.29. The molecule has 2 atom stereocenters. The van der Waals surface area contributed by atoms with Gasteiger partial charge in [0.1, 0.15) is 12.6 Å². The minimum absolute atomic E-state index is 0.0630. The number of carbonyl (C=O) groups is 1. The summed E-state index contributed by atoms with van der Waals surface area (Å²) in [6.07, 6.45) is -0.326. The van der Waals surface area contributed by atoms with Crippen LogP contribution in [0.3, 0.4) is 0 Å². The van der Waals surface area contributed by atoms with E-state index in [9.17, 15) is 9.90 Å². The second kappa shape index (κ2) is 9.56. The van der Waals surface area contributed by atoms with Gasteiger partial charge >= 0.3 is 0 Å². The van der Waals surface area contributed by atoms with Crippen LogP contribution in [0.4, 0.5) is 11.4 Å². The Morgan fingerprint density at radius 1 is 1.19 bits per heavy atom. The molecule has 0 unspecified atom stereocenters. The molecule has 0 bridgehead atoms. The molecular weight excluding hydrogens is 414 g/mol. The molecular formula is C23H26ClN5O2. The van der Waals surface area contributed by atoms with Gasteiger partial charge in [-0.15, -0.1) is 0 Å². The summed E-state index contributed by atoms with van der Waals surface area (Å²) in [6, 6.07) is 15.6. The molecule has 2 aromatic carbocycles. The van der Waals surface area contributed by atoms with Gasteiger partial charge in [-0.05, 0) is 35.4 Å². The second-order valence-electron chi connectivity index (χ2n) is 7.88. The smallest absolute Gasteiger partial charge is 0.243 e. The van der Waals surface area contributed by atoms with E-state index in [0.29, 0.717) is 23.7 Å². The van der Waals surface area contributed by atoms with Gasteiger partial charge in [0.25, 0.3) is 0 Å². The summed E-state index contributed by atoms with van der Waals surface area (Å²) < 4.78 is 0. The monoisotopic (exact) mass is 439 g/mol. The fraction of sp³-hybridized carbons (Fsp3) is 0.391. The van der Waals surface area contributed by atoms with Crippen LogP contribution in [0.25, 0.3) is 11.1 Å². The molecule has 2 heterocycles. The molecule has 2 aliphatic heterocycles. The molecule has 7 nitrogen and oxygen atoms in total. The summed E-state index contributed by atoms with van der Waals surface area (Å²) in [5.74, 6) is -0.278. The van der Waals surface area contributed by atoms with Crippen LogP contribution in [0.15, 0.2) is 42.5 Å². The molecule has 3 N–H and O–H groups in total. The highest BCUT2D eigenvalue weighted by Crippen LogP contribution is 2.36. The molecule has 4 rings (SSSR count). The lowest BCUT2D eigenvalue weighted by molar-refractivity contribution is -0.122. The zero-order chi connectivity index (χ0) is 21.8. The molecule has 0 saturated carbocycles. The molecule has 2 saturated heterocycles. The van der Waals surface area contributed by atoms with E-state index in [4.69, 9.17) is 16.9 Å². The summed E-state index contributed by atoms with van der Waals surface area (Å²) in [6.45, 7) is 4.23. The Bertz CT molecular complexity index is 969. The molecule has 2 aliphatic rings. The maximum Gasteiger partial charge on any atom is 0.243 e. The minimum Gasteiger partial charge on any atom is -0.391 e. The first-order valence-corrected chi connectivity index (χ1v) is 10.9. The van der Waals surface area contributed by atoms with Gasteiger partial charge in [-0.25, -0.2) is 0 Å². The van der Waals surface area contributed by atoms with Gasteiger partial charge in [-0.1, -0.05) is 29.8 Å². The number of rotatable bonds is 5. The largest absolute Gasteiger partial charge is 0.391 e. The SMILES string of the molecule is N#CCNC(=O)[C@@H]1C[C@@H](O)CN1c1cc(-c2ccc(N3CCNCC3)cc2)ccc1Cl. The molecule has 0 aromatic heterocycles. The Balaban J connectivity index is 1.58. The number of nitrogens with one attached hydrogen (secondary N) is 2. The molecule has 0 spiro atoms. The predicted octanol–water partition coefficient (Wildman–Crippen LogP) is 2.00. The van der Waals surface area contributed by atoms with Crippen LogP contribution in [0.2, 0.25) is 5.02 Å². The zero-order valence-electron chi connectivity index (χ0n) is 17.2. The van der Waals surface area contributed by atoms with Gasteiger partial charge in [-0.3, -0.25) is 4.79 Å². The Kier molecular flexibility index (Phi) is 6.62. The maximum atomic E-state index is 12.5. The third kappa shape index (κ3) is 4.77. The number of amides is 1. The lowest BCUT2D eigenvalue weighted by atomic mass is 10.0. The van der Waals surface area contributed by atoms with E-state index in [-0.39, 0.29) is 12.5 Å². The van der Waals surface area contributed by atoms with Crippen molar-refractivity contribution in [3.8, 4) is 17.2 Å². The fourth-order valence-electron chi connectivity index (χ4n) is 4.27. The van der Waals surface area contributed by atoms with Gasteiger partial charge in [0.05, 0.1) is 22.9 Å². The van der Waals surface area contributed by atoms with E-state index in [2.05, 4.69) is 39.8 Å². The Labute approximate surface area is 187 Å². The number of β-amino-alcohol motifs (C(OH)–C–C–N with tert-alkyl or cyclic N) is 1. The van der Waals surface area contributed by atoms with Crippen LogP contribution in [0.5, 0.6) is 0 Å². The van der Waals surface area contributed by atoms with E-state index in [1.807, 2.05) is 29.2 Å². The van der Waals surface area contributed by atoms with Crippen molar-refractivity contribution in [1.82, 2.24) is 10.6 Å². The number of aliphatic hydroxyl groups excluding tert-OH is 1. The molecule has 8 heteroatoms. The van der Waals surface area contributed by atoms with Crippen molar-refractivity contribution >= 4 is 28.9 Å². The Hall–Kier alpha value is -2.79. The summed E-state index contributed by atoms with van der Waals surface area (Å²) in [5, 5.41) is 25.4. The lowest BCUT2D eigenvalue weighted by Crippen LogP contribution is -2.43. The van der Waals surface area contributed by atoms with Gasteiger partial charge in [0.15, 0.2) is 0 Å². The number of carbonyl (C=O) groups excluding carboxylic acids is 1. The van der Waals surface area contributed by atoms with Crippen molar-refractivity contribution in [2.75, 3.05) is 49.1 Å². The number of hydrogen-bond donors (Lipinski definition) is 3. The van der Waals surface area contributed by atoms with Crippen LogP contribution in [-0.4, -0.2) is 62.4 Å². The molecule has 0 radical (unpaired) electrons. The number of nitrogens with zero attached hydrogens (tertiary/aromatic N) is 3. The van der Waals surface area contributed by atoms with Crippen LogP contribution in [0, 0.1) is 11.3 Å². The van der Waals surface area contributed by atoms with E-state index in [1.165, 1.54) is 5.69 Å². The van der Waals surface area contributed by atoms with E-state index < -0.39 is 12.1 Å². The van der Waals surface area contributed by atoms with Gasteiger partial charge in [0.2, 0.25) is 5.91 Å². The number of piperazine rings is 1. The fourth-order valence-corrected chi connectivity index (χ4v) is 4.50. The number of anilines is 2. The van der Waals surface area contributed by atoms with E-state index >= 15 is 0 Å². The van der Waals surface area contributed by atoms with Crippen molar-refractivity contribution in [2.24, 2.45) is 0 Å². The van der Waals surface area contributed by atoms with Gasteiger partial charge in [-0.2, -0.15) is 5.26 Å². The van der Waals surface area contributed by atoms with Crippen LogP contribution in [0.1, 0.15) is 6.42 Å². The van der Waals surface area contributed by atoms with Gasteiger partial charge < -0.3 is 25.5 Å². The molecule has 162 valence electrons. The van der Waals surface area contributed by atoms with Crippen LogP contribution >= 0.6 is 11.6 Å². The van der Waals surface area contributed by atoms with Crippen molar-refractivity contribution in [1.29, 1.82) is 5.26 Å². The highest BCUT2D eigenvalue weighted by molar-refractivity contribution is 6.33. The van der Waals surface area contributed by atoms with E-state index in [1.54, 1.807) is 0 Å². The second-order valence-corrected chi connectivity index (χ2v) is 8.29. The average molecular weight is 440 g/mol. The summed E-state index contributed by atoms with van der Waals surface area (Å²) >= 11 is 6.49. The first kappa shape index (κ1) is 21.4. The predicted molar refractivity (Wildman–Crippen MR) is 122 cm³/mol. The Morgan fingerprint density at radius 2 is 1.90 bits per heavy atom. The highest BCUT2D eigenvalue weighted by Gasteiger charge is 2.37. The van der Waals surface area contributed by atoms with Crippen molar-refractivity contribution < 1.29 is 9.90 Å². The van der Waals surface area contributed by atoms with Crippen molar-refractivity contribution in [3.05, 3.63) is 47.5 Å². The number of benzene rings is 2. The highest BCUT2D eigenvalue weighted by atomic mass is 35.5. The maximum absolute atomic E-state index is 12.5. The number of aliphatic hydroxyl groups is 1. The molecule has 1 amide bonds. The molecule has 31 heavy (non-hydrogen) atoms. The number of hydrogen-bond acceptors (Lipinski definition) is 6. The van der Waals surface area contributed by atoms with Crippen LogP contribution in [-0.2, 0) is 4.79 Å². The zero-order valence-corrected chi connectivity index (χ0v) is 18.0.